The Morgan fingerprint density at radius 3 is 1.02 bits per heavy atom. The molecule has 630 valence electrons. The minimum atomic E-state index is 0.0671. The van der Waals surface area contributed by atoms with E-state index < -0.39 is 0 Å². The van der Waals surface area contributed by atoms with E-state index in [0.717, 1.165) is 83.4 Å². The summed E-state index contributed by atoms with van der Waals surface area (Å²) in [7, 11) is 4.37. The van der Waals surface area contributed by atoms with Gasteiger partial charge in [-0.15, -0.1) is 0 Å². The van der Waals surface area contributed by atoms with E-state index >= 15 is 0 Å². The number of thioether (sulfide) groups is 1. The van der Waals surface area contributed by atoms with Crippen molar-refractivity contribution in [1.82, 2.24) is 53.8 Å². The molecule has 16 heteroatoms. The first-order valence-corrected chi connectivity index (χ1v) is 44.9. The molecule has 0 unspecified atom stereocenters. The first-order valence-electron chi connectivity index (χ1n) is 43.7. The number of hydrogen-bond acceptors (Lipinski definition) is 13. The van der Waals surface area contributed by atoms with Crippen molar-refractivity contribution in [3.05, 3.63) is 46.9 Å². The molecule has 0 spiro atoms. The summed E-state index contributed by atoms with van der Waals surface area (Å²) >= 11 is 2.07. The van der Waals surface area contributed by atoms with Gasteiger partial charge in [-0.2, -0.15) is 11.8 Å². The molecule has 7 fully saturated rings. The molecule has 0 radical (unpaired) electrons. The second-order valence-corrected chi connectivity index (χ2v) is 28.4. The first-order chi connectivity index (χ1) is 49.8. The van der Waals surface area contributed by atoms with Crippen LogP contribution in [0.15, 0.2) is 41.3 Å². The van der Waals surface area contributed by atoms with Crippen molar-refractivity contribution in [3.63, 3.8) is 0 Å². The van der Waals surface area contributed by atoms with Crippen molar-refractivity contribution in [2.24, 2.45) is 0 Å². The Hall–Kier alpha value is -2.38. The van der Waals surface area contributed by atoms with Crippen LogP contribution >= 0.6 is 11.8 Å². The van der Waals surface area contributed by atoms with E-state index in [1.807, 2.05) is 174 Å². The number of hydrazine groups is 1. The summed E-state index contributed by atoms with van der Waals surface area (Å²) in [6, 6.07) is 10.5. The van der Waals surface area contributed by atoms with Crippen LogP contribution in [0.4, 0.5) is 0 Å². The normalized spacial score (nSPS) is 17.8. The number of piperidine rings is 3. The Morgan fingerprint density at radius 1 is 0.356 bits per heavy atom. The zero-order chi connectivity index (χ0) is 82.6. The topological polar surface area (TPSA) is 97.8 Å². The molecule has 8 aliphatic heterocycles. The molecule has 1 aromatic heterocycles. The van der Waals surface area contributed by atoms with Crippen LogP contribution in [0.3, 0.4) is 0 Å². The second-order valence-electron chi connectivity index (χ2n) is 27.2. The van der Waals surface area contributed by atoms with E-state index in [4.69, 9.17) is 4.74 Å². The molecule has 104 heavy (non-hydrogen) atoms. The molecule has 7 saturated heterocycles. The van der Waals surface area contributed by atoms with E-state index in [0.29, 0.717) is 36.1 Å². The van der Waals surface area contributed by atoms with E-state index in [1.165, 1.54) is 141 Å². The fourth-order valence-electron chi connectivity index (χ4n) is 11.4. The largest absolute Gasteiger partial charge is 0.379 e. The van der Waals surface area contributed by atoms with Crippen molar-refractivity contribution in [2.45, 2.75) is 387 Å². The van der Waals surface area contributed by atoms with Gasteiger partial charge in [-0.05, 0) is 234 Å². The summed E-state index contributed by atoms with van der Waals surface area (Å²) in [4.78, 5) is 52.1. The second kappa shape index (κ2) is 87.8. The summed E-state index contributed by atoms with van der Waals surface area (Å²) in [6.45, 7) is 95.3. The van der Waals surface area contributed by atoms with E-state index in [-0.39, 0.29) is 17.5 Å². The highest BCUT2D eigenvalue weighted by Gasteiger charge is 2.22. The minimum absolute atomic E-state index is 0.0671. The average Bonchev–Trinajstić information content (AvgIpc) is 0.914. The predicted molar refractivity (Wildman–Crippen MR) is 475 cm³/mol. The third-order valence-electron chi connectivity index (χ3n) is 17.2. The number of carbonyl (C=O) groups is 2. The SMILES string of the molecule is CC.CC.CC.CC.CC.CC.CC.CC.CC.CC(C)N1CCC=CC1=O.CC(C)N1CCCCC1.CC(C)N1CCCCC1.CC(C)N1CCCCC1=O.CC(C)N1CCCCN1C.CC(C)N1CCCN(C)C1.CC(C)N1CCOCC1.CC(C)N1CCSCC1.CC(C)n1ccccc1=O. The number of hydrogen-bond donors (Lipinski definition) is 0. The van der Waals surface area contributed by atoms with Gasteiger partial charge in [0, 0.05) is 157 Å². The van der Waals surface area contributed by atoms with Crippen LogP contribution in [0.25, 0.3) is 0 Å². The fraction of sp³-hybridized carbons (Fsp3) is 0.898. The van der Waals surface area contributed by atoms with E-state index in [9.17, 15) is 14.4 Å². The van der Waals surface area contributed by atoms with Crippen LogP contribution in [0.1, 0.15) is 339 Å². The van der Waals surface area contributed by atoms with Gasteiger partial charge in [-0.3, -0.25) is 34.0 Å². The lowest BCUT2D eigenvalue weighted by molar-refractivity contribution is -0.135. The molecule has 0 aliphatic carbocycles. The molecular weight excluding hydrogens is 1310 g/mol. The summed E-state index contributed by atoms with van der Waals surface area (Å²) in [5.41, 5.74) is 0.0671. The molecule has 0 bridgehead atoms. The lowest BCUT2D eigenvalue weighted by atomic mass is 10.1. The Labute approximate surface area is 659 Å². The summed E-state index contributed by atoms with van der Waals surface area (Å²) < 4.78 is 6.90. The molecule has 0 aromatic carbocycles. The standard InChI is InChI=1S/2C8H18N2.C8H15NO.C8H13NO.C8H11NO.2C8H17N.C7H15NO.C7H15NS.9C2H6/c1-8(2)10-6-4-5-9(3)7-10;1-8(2)10-7-5-4-6-9(10)3;3*1-7(2)9-6-4-3-5-8(9)10;2*1-8(2)9-6-4-3-5-7-9;2*1-7(2)8-3-5-9-6-4-8;9*1-2/h2*8H,4-7H2,1-3H3;7H,3-6H2,1-2H3;3,5,7H,4,6H2,1-2H3;3-7H,1-2H3;2*8H,3-7H2,1-2H3;2*7H,3-6H2,1-2H3;9*1-2H3. The van der Waals surface area contributed by atoms with Crippen molar-refractivity contribution in [1.29, 1.82) is 0 Å². The highest BCUT2D eigenvalue weighted by molar-refractivity contribution is 7.99. The number of aromatic nitrogens is 1. The third-order valence-corrected chi connectivity index (χ3v) is 18.1. The number of rotatable bonds is 9. The Bertz CT molecular complexity index is 1810. The van der Waals surface area contributed by atoms with Crippen molar-refractivity contribution in [2.75, 3.05) is 137 Å². The molecule has 0 N–H and O–H groups in total. The minimum Gasteiger partial charge on any atom is -0.379 e. The number of amides is 2. The van der Waals surface area contributed by atoms with Gasteiger partial charge >= 0.3 is 0 Å². The summed E-state index contributed by atoms with van der Waals surface area (Å²) in [5.74, 6) is 3.15. The van der Waals surface area contributed by atoms with E-state index in [2.05, 4.69) is 162 Å². The van der Waals surface area contributed by atoms with Crippen LogP contribution in [0.2, 0.25) is 0 Å². The molecule has 2 amide bonds. The van der Waals surface area contributed by atoms with Crippen molar-refractivity contribution in [3.8, 4) is 0 Å². The molecule has 9 rings (SSSR count). The van der Waals surface area contributed by atoms with Crippen molar-refractivity contribution >= 4 is 23.6 Å². The highest BCUT2D eigenvalue weighted by Crippen LogP contribution is 2.16. The Kier molecular flexibility index (Phi) is 101. The lowest BCUT2D eigenvalue weighted by Crippen LogP contribution is -2.48. The molecular formula is C88H193N11O4S. The van der Waals surface area contributed by atoms with Gasteiger partial charge in [0.2, 0.25) is 11.8 Å². The van der Waals surface area contributed by atoms with Crippen LogP contribution in [0.5, 0.6) is 0 Å². The first kappa shape index (κ1) is 120. The van der Waals surface area contributed by atoms with Gasteiger partial charge in [0.1, 0.15) is 0 Å². The van der Waals surface area contributed by atoms with Crippen LogP contribution < -0.4 is 5.56 Å². The summed E-state index contributed by atoms with van der Waals surface area (Å²) in [6.07, 6.45) is 22.0. The maximum Gasteiger partial charge on any atom is 0.250 e. The zero-order valence-electron chi connectivity index (χ0n) is 77.7. The lowest BCUT2D eigenvalue weighted by Gasteiger charge is -2.38. The molecule has 0 atom stereocenters. The molecule has 8 aliphatic rings. The monoisotopic (exact) mass is 1500 g/mol. The number of likely N-dealkylation sites (tertiary alicyclic amines) is 3. The zero-order valence-corrected chi connectivity index (χ0v) is 78.6. The van der Waals surface area contributed by atoms with Crippen molar-refractivity contribution < 1.29 is 14.3 Å². The van der Waals surface area contributed by atoms with Gasteiger partial charge < -0.3 is 28.9 Å². The smallest absolute Gasteiger partial charge is 0.250 e. The molecule has 0 saturated carbocycles. The van der Waals surface area contributed by atoms with Gasteiger partial charge in [-0.25, -0.2) is 10.0 Å². The molecule has 15 nitrogen and oxygen atoms in total. The van der Waals surface area contributed by atoms with E-state index in [1.54, 1.807) is 29.0 Å². The molecule has 1 aromatic rings. The highest BCUT2D eigenvalue weighted by atomic mass is 32.2. The third kappa shape index (κ3) is 67.7. The average molecular weight is 1500 g/mol. The number of morpholine rings is 1. The quantitative estimate of drug-likeness (QED) is 0.235. The van der Waals surface area contributed by atoms with Crippen LogP contribution in [-0.2, 0) is 14.3 Å². The Morgan fingerprint density at radius 2 is 0.740 bits per heavy atom. The van der Waals surface area contributed by atoms with Crippen LogP contribution in [-0.4, -0.2) is 251 Å². The van der Waals surface area contributed by atoms with Gasteiger partial charge in [0.25, 0.3) is 5.56 Å². The number of ether oxygens (including phenoxy) is 1. The number of nitrogens with zero attached hydrogens (tertiary/aromatic N) is 11. The number of pyridine rings is 1. The maximum absolute atomic E-state index is 11.2. The maximum atomic E-state index is 11.2. The van der Waals surface area contributed by atoms with Gasteiger partial charge in [0.05, 0.1) is 19.9 Å². The van der Waals surface area contributed by atoms with Crippen LogP contribution in [0, 0.1) is 0 Å². The predicted octanol–water partition coefficient (Wildman–Crippen LogP) is 21.5. The van der Waals surface area contributed by atoms with Gasteiger partial charge in [-0.1, -0.05) is 150 Å². The summed E-state index contributed by atoms with van der Waals surface area (Å²) in [5, 5.41) is 4.78. The number of carbonyl (C=O) groups excluding carboxylic acids is 2. The molecule has 9 heterocycles. The fourth-order valence-corrected chi connectivity index (χ4v) is 12.3. The Balaban J connectivity index is -0.000000136. The van der Waals surface area contributed by atoms with Gasteiger partial charge in [0.15, 0.2) is 0 Å².